The monoisotopic (exact) mass is 248 g/mol. The highest BCUT2D eigenvalue weighted by Crippen LogP contribution is 2.26. The van der Waals surface area contributed by atoms with Crippen LogP contribution in [-0.2, 0) is 11.3 Å². The van der Waals surface area contributed by atoms with Gasteiger partial charge in [0.05, 0.1) is 6.04 Å². The van der Waals surface area contributed by atoms with Gasteiger partial charge in [0.2, 0.25) is 0 Å². The van der Waals surface area contributed by atoms with Crippen LogP contribution in [0.5, 0.6) is 5.75 Å². The summed E-state index contributed by atoms with van der Waals surface area (Å²) in [5, 5.41) is 12.5. The molecule has 2 N–H and O–H groups in total. The Balaban J connectivity index is 1.75. The molecule has 2 heterocycles. The SMILES string of the molecule is O=C1OC2CCNCC2N1Cc1ccc(O)cc1. The lowest BCUT2D eigenvalue weighted by molar-refractivity contribution is 0.117. The van der Waals surface area contributed by atoms with Gasteiger partial charge in [-0.2, -0.15) is 0 Å². The average Bonchev–Trinajstić information content (AvgIpc) is 2.69. The topological polar surface area (TPSA) is 61.8 Å². The van der Waals surface area contributed by atoms with Crippen molar-refractivity contribution in [3.8, 4) is 5.75 Å². The van der Waals surface area contributed by atoms with Crippen LogP contribution in [0.4, 0.5) is 4.79 Å². The number of fused-ring (bicyclic) bond motifs is 1. The van der Waals surface area contributed by atoms with Gasteiger partial charge in [-0.25, -0.2) is 4.79 Å². The standard InChI is InChI=1S/C13H16N2O3/c16-10-3-1-9(2-4-10)8-15-11-7-14-6-5-12(11)18-13(15)17/h1-4,11-12,14,16H,5-8H2. The van der Waals surface area contributed by atoms with Crippen LogP contribution in [0.2, 0.25) is 0 Å². The molecule has 0 aromatic heterocycles. The van der Waals surface area contributed by atoms with Crippen molar-refractivity contribution < 1.29 is 14.6 Å². The average molecular weight is 248 g/mol. The number of hydrogen-bond acceptors (Lipinski definition) is 4. The van der Waals surface area contributed by atoms with E-state index in [4.69, 9.17) is 4.74 Å². The number of phenols is 1. The summed E-state index contributed by atoms with van der Waals surface area (Å²) in [5.74, 6) is 0.236. The van der Waals surface area contributed by atoms with Crippen molar-refractivity contribution >= 4 is 6.09 Å². The molecule has 5 heteroatoms. The van der Waals surface area contributed by atoms with Crippen LogP contribution >= 0.6 is 0 Å². The number of nitrogens with one attached hydrogen (secondary N) is 1. The minimum absolute atomic E-state index is 0.0239. The van der Waals surface area contributed by atoms with E-state index in [0.29, 0.717) is 6.54 Å². The van der Waals surface area contributed by atoms with Crippen LogP contribution in [0.25, 0.3) is 0 Å². The summed E-state index contributed by atoms with van der Waals surface area (Å²) in [6.45, 7) is 2.22. The molecule has 0 bridgehead atoms. The third-order valence-corrected chi connectivity index (χ3v) is 3.56. The maximum Gasteiger partial charge on any atom is 0.410 e. The highest BCUT2D eigenvalue weighted by atomic mass is 16.6. The number of ether oxygens (including phenoxy) is 1. The van der Waals surface area contributed by atoms with E-state index < -0.39 is 0 Å². The Kier molecular flexibility index (Phi) is 2.83. The van der Waals surface area contributed by atoms with Crippen LogP contribution in [0.3, 0.4) is 0 Å². The first-order valence-corrected chi connectivity index (χ1v) is 6.20. The first-order chi connectivity index (χ1) is 8.74. The number of carbonyl (C=O) groups excluding carboxylic acids is 1. The number of amides is 1. The van der Waals surface area contributed by atoms with Gasteiger partial charge < -0.3 is 15.2 Å². The van der Waals surface area contributed by atoms with E-state index in [1.54, 1.807) is 17.0 Å². The van der Waals surface area contributed by atoms with Crippen LogP contribution in [0, 0.1) is 0 Å². The van der Waals surface area contributed by atoms with Crippen molar-refractivity contribution in [1.29, 1.82) is 0 Å². The largest absolute Gasteiger partial charge is 0.508 e. The molecule has 1 aromatic rings. The minimum atomic E-state index is -0.234. The molecule has 2 aliphatic rings. The van der Waals surface area contributed by atoms with Crippen molar-refractivity contribution in [2.75, 3.05) is 13.1 Å². The Morgan fingerprint density at radius 1 is 1.39 bits per heavy atom. The molecule has 0 saturated carbocycles. The molecule has 2 saturated heterocycles. The van der Waals surface area contributed by atoms with Gasteiger partial charge in [-0.3, -0.25) is 4.90 Å². The normalized spacial score (nSPS) is 26.9. The first kappa shape index (κ1) is 11.3. The number of piperidine rings is 1. The summed E-state index contributed by atoms with van der Waals surface area (Å²) in [6.07, 6.45) is 0.667. The predicted molar refractivity (Wildman–Crippen MR) is 65.2 cm³/mol. The van der Waals surface area contributed by atoms with Crippen molar-refractivity contribution in [3.63, 3.8) is 0 Å². The van der Waals surface area contributed by atoms with Gasteiger partial charge >= 0.3 is 6.09 Å². The number of rotatable bonds is 2. The second-order valence-corrected chi connectivity index (χ2v) is 4.78. The zero-order valence-electron chi connectivity index (χ0n) is 10.0. The Bertz CT molecular complexity index is 446. The lowest BCUT2D eigenvalue weighted by Gasteiger charge is -2.28. The molecule has 3 rings (SSSR count). The van der Waals surface area contributed by atoms with Gasteiger partial charge in [0.25, 0.3) is 0 Å². The summed E-state index contributed by atoms with van der Waals surface area (Å²) < 4.78 is 5.37. The number of carbonyl (C=O) groups is 1. The van der Waals surface area contributed by atoms with Crippen molar-refractivity contribution in [3.05, 3.63) is 29.8 Å². The van der Waals surface area contributed by atoms with Gasteiger partial charge in [-0.15, -0.1) is 0 Å². The number of aromatic hydroxyl groups is 1. The summed E-state index contributed by atoms with van der Waals surface area (Å²) in [6, 6.07) is 7.04. The smallest absolute Gasteiger partial charge is 0.410 e. The number of benzene rings is 1. The number of phenolic OH excluding ortho intramolecular Hbond substituents is 1. The third kappa shape index (κ3) is 2.01. The Morgan fingerprint density at radius 3 is 2.94 bits per heavy atom. The van der Waals surface area contributed by atoms with E-state index in [2.05, 4.69) is 5.32 Å². The molecule has 1 aromatic carbocycles. The summed E-state index contributed by atoms with van der Waals surface area (Å²) in [4.78, 5) is 13.6. The van der Waals surface area contributed by atoms with E-state index in [0.717, 1.165) is 25.1 Å². The highest BCUT2D eigenvalue weighted by Gasteiger charge is 2.42. The number of nitrogens with zero attached hydrogens (tertiary/aromatic N) is 1. The van der Waals surface area contributed by atoms with Crippen LogP contribution < -0.4 is 5.32 Å². The molecule has 0 radical (unpaired) electrons. The van der Waals surface area contributed by atoms with E-state index in [1.165, 1.54) is 0 Å². The molecule has 2 atom stereocenters. The first-order valence-electron chi connectivity index (χ1n) is 6.20. The number of hydrogen-bond donors (Lipinski definition) is 2. The molecule has 2 aliphatic heterocycles. The maximum absolute atomic E-state index is 11.8. The second kappa shape index (κ2) is 4.49. The van der Waals surface area contributed by atoms with Gasteiger partial charge in [0.15, 0.2) is 0 Å². The fourth-order valence-electron chi connectivity index (χ4n) is 2.58. The molecule has 18 heavy (non-hydrogen) atoms. The summed E-state index contributed by atoms with van der Waals surface area (Å²) in [7, 11) is 0. The Hall–Kier alpha value is -1.75. The van der Waals surface area contributed by atoms with E-state index in [9.17, 15) is 9.90 Å². The quantitative estimate of drug-likeness (QED) is 0.822. The molecule has 0 spiro atoms. The molecule has 0 aliphatic carbocycles. The van der Waals surface area contributed by atoms with E-state index in [1.807, 2.05) is 12.1 Å². The molecule has 2 unspecified atom stereocenters. The molecule has 1 amide bonds. The van der Waals surface area contributed by atoms with Gasteiger partial charge in [-0.1, -0.05) is 12.1 Å². The van der Waals surface area contributed by atoms with Crippen LogP contribution in [0.15, 0.2) is 24.3 Å². The molecular formula is C13H16N2O3. The molecule has 2 fully saturated rings. The molecule has 5 nitrogen and oxygen atoms in total. The second-order valence-electron chi connectivity index (χ2n) is 4.78. The summed E-state index contributed by atoms with van der Waals surface area (Å²) >= 11 is 0. The third-order valence-electron chi connectivity index (χ3n) is 3.56. The zero-order chi connectivity index (χ0) is 12.5. The molecule has 96 valence electrons. The fraction of sp³-hybridized carbons (Fsp3) is 0.462. The van der Waals surface area contributed by atoms with Crippen molar-refractivity contribution in [2.24, 2.45) is 0 Å². The Labute approximate surface area is 105 Å². The molecular weight excluding hydrogens is 232 g/mol. The van der Waals surface area contributed by atoms with E-state index in [-0.39, 0.29) is 24.0 Å². The Morgan fingerprint density at radius 2 is 2.17 bits per heavy atom. The van der Waals surface area contributed by atoms with Gasteiger partial charge in [-0.05, 0) is 30.7 Å². The van der Waals surface area contributed by atoms with Crippen molar-refractivity contribution in [2.45, 2.75) is 25.1 Å². The summed E-state index contributed by atoms with van der Waals surface area (Å²) in [5.41, 5.74) is 0.996. The fourth-order valence-corrected chi connectivity index (χ4v) is 2.58. The predicted octanol–water partition coefficient (Wildman–Crippen LogP) is 1.07. The van der Waals surface area contributed by atoms with Crippen molar-refractivity contribution in [1.82, 2.24) is 10.2 Å². The maximum atomic E-state index is 11.8. The minimum Gasteiger partial charge on any atom is -0.508 e. The van der Waals surface area contributed by atoms with Gasteiger partial charge in [0, 0.05) is 13.1 Å². The van der Waals surface area contributed by atoms with E-state index >= 15 is 0 Å². The van der Waals surface area contributed by atoms with Gasteiger partial charge in [0.1, 0.15) is 11.9 Å². The lowest BCUT2D eigenvalue weighted by Crippen LogP contribution is -2.48. The zero-order valence-corrected chi connectivity index (χ0v) is 10.0. The van der Waals surface area contributed by atoms with Crippen LogP contribution in [-0.4, -0.2) is 41.3 Å². The highest BCUT2D eigenvalue weighted by molar-refractivity contribution is 5.71. The lowest BCUT2D eigenvalue weighted by atomic mass is 10.0. The van der Waals surface area contributed by atoms with Crippen LogP contribution in [0.1, 0.15) is 12.0 Å².